The van der Waals surface area contributed by atoms with Crippen molar-refractivity contribution in [3.05, 3.63) is 83.8 Å². The lowest BCUT2D eigenvalue weighted by Gasteiger charge is -2.22. The summed E-state index contributed by atoms with van der Waals surface area (Å²) >= 11 is 0. The molecule has 4 rings (SSSR count). The smallest absolute Gasteiger partial charge is 0.251 e. The van der Waals surface area contributed by atoms with Gasteiger partial charge in [0.15, 0.2) is 0 Å². The summed E-state index contributed by atoms with van der Waals surface area (Å²) in [5.74, 6) is 1.46. The van der Waals surface area contributed by atoms with Crippen LogP contribution in [0, 0.1) is 11.7 Å². The van der Waals surface area contributed by atoms with Crippen molar-refractivity contribution in [2.24, 2.45) is 5.92 Å². The van der Waals surface area contributed by atoms with Crippen molar-refractivity contribution in [3.8, 4) is 17.0 Å². The van der Waals surface area contributed by atoms with Crippen LogP contribution in [-0.4, -0.2) is 49.1 Å². The van der Waals surface area contributed by atoms with E-state index >= 15 is 0 Å². The van der Waals surface area contributed by atoms with Gasteiger partial charge in [0.1, 0.15) is 11.6 Å². The van der Waals surface area contributed by atoms with E-state index in [9.17, 15) is 9.18 Å². The molecule has 2 aromatic carbocycles. The molecule has 3 aromatic rings. The predicted molar refractivity (Wildman–Crippen MR) is 142 cm³/mol. The molecule has 1 saturated carbocycles. The van der Waals surface area contributed by atoms with Gasteiger partial charge in [-0.1, -0.05) is 25.1 Å². The standard InChI is InChI=1S/C30H36FN3O2/c1-3-17-34(21-24-19-26(24)27-20-25(31)13-14-29(27)36-2)18-7-6-16-33-30(35)23-11-9-22(10-12-23)28-8-4-5-15-32-28/h4-5,8-15,20,24,26H,3,6-7,16-19,21H2,1-2H3,(H,33,35)/t24-,26+/m1/s1. The Kier molecular flexibility index (Phi) is 9.06. The Morgan fingerprint density at radius 3 is 2.67 bits per heavy atom. The summed E-state index contributed by atoms with van der Waals surface area (Å²) in [5, 5.41) is 3.04. The molecule has 36 heavy (non-hydrogen) atoms. The number of carbonyl (C=O) groups excluding carboxylic acids is 1. The van der Waals surface area contributed by atoms with Crippen LogP contribution in [0.5, 0.6) is 5.75 Å². The second-order valence-electron chi connectivity index (χ2n) is 9.54. The molecule has 1 aliphatic rings. The third-order valence-corrected chi connectivity index (χ3v) is 6.84. The van der Waals surface area contributed by atoms with Gasteiger partial charge in [-0.3, -0.25) is 9.78 Å². The maximum absolute atomic E-state index is 13.8. The van der Waals surface area contributed by atoms with E-state index in [0.29, 0.717) is 23.9 Å². The van der Waals surface area contributed by atoms with Crippen LogP contribution in [0.2, 0.25) is 0 Å². The minimum atomic E-state index is -0.201. The SMILES string of the molecule is CCCN(CCCCNC(=O)c1ccc(-c2ccccn2)cc1)C[C@H]1C[C@@H]1c1cc(F)ccc1OC. The Bertz CT molecular complexity index is 1120. The average Bonchev–Trinajstić information content (AvgIpc) is 3.68. The van der Waals surface area contributed by atoms with E-state index in [1.165, 1.54) is 6.07 Å². The molecule has 0 aliphatic heterocycles. The number of hydrogen-bond acceptors (Lipinski definition) is 4. The van der Waals surface area contributed by atoms with Crippen molar-refractivity contribution in [2.75, 3.05) is 33.3 Å². The number of carbonyl (C=O) groups is 1. The highest BCUT2D eigenvalue weighted by molar-refractivity contribution is 5.94. The summed E-state index contributed by atoms with van der Waals surface area (Å²) < 4.78 is 19.2. The summed E-state index contributed by atoms with van der Waals surface area (Å²) in [7, 11) is 1.65. The van der Waals surface area contributed by atoms with Crippen LogP contribution in [0.1, 0.15) is 54.4 Å². The molecule has 0 spiro atoms. The lowest BCUT2D eigenvalue weighted by molar-refractivity contribution is 0.0952. The van der Waals surface area contributed by atoms with E-state index in [1.54, 1.807) is 25.4 Å². The summed E-state index contributed by atoms with van der Waals surface area (Å²) in [6.07, 6.45) is 5.91. The molecule has 0 radical (unpaired) electrons. The third-order valence-electron chi connectivity index (χ3n) is 6.84. The second kappa shape index (κ2) is 12.6. The van der Waals surface area contributed by atoms with Crippen molar-refractivity contribution in [1.29, 1.82) is 0 Å². The molecular weight excluding hydrogens is 453 g/mol. The Morgan fingerprint density at radius 1 is 1.11 bits per heavy atom. The maximum atomic E-state index is 13.8. The third kappa shape index (κ3) is 6.91. The lowest BCUT2D eigenvalue weighted by atomic mass is 10.1. The first kappa shape index (κ1) is 25.8. The monoisotopic (exact) mass is 489 g/mol. The number of amides is 1. The van der Waals surface area contributed by atoms with Crippen molar-refractivity contribution >= 4 is 5.91 Å². The number of methoxy groups -OCH3 is 1. The molecule has 0 unspecified atom stereocenters. The Labute approximate surface area is 213 Å². The van der Waals surface area contributed by atoms with Crippen LogP contribution in [-0.2, 0) is 0 Å². The van der Waals surface area contributed by atoms with E-state index in [1.807, 2.05) is 42.5 Å². The van der Waals surface area contributed by atoms with Crippen LogP contribution < -0.4 is 10.1 Å². The zero-order chi connectivity index (χ0) is 25.3. The normalized spacial score (nSPS) is 16.7. The number of nitrogens with one attached hydrogen (secondary N) is 1. The number of hydrogen-bond donors (Lipinski definition) is 1. The zero-order valence-electron chi connectivity index (χ0n) is 21.3. The van der Waals surface area contributed by atoms with E-state index in [-0.39, 0.29) is 11.7 Å². The molecule has 1 amide bonds. The van der Waals surface area contributed by atoms with Crippen molar-refractivity contribution < 1.29 is 13.9 Å². The number of halogens is 1. The van der Waals surface area contributed by atoms with Crippen molar-refractivity contribution in [3.63, 3.8) is 0 Å². The highest BCUT2D eigenvalue weighted by Gasteiger charge is 2.40. The largest absolute Gasteiger partial charge is 0.496 e. The van der Waals surface area contributed by atoms with Gasteiger partial charge in [-0.2, -0.15) is 0 Å². The van der Waals surface area contributed by atoms with E-state index < -0.39 is 0 Å². The van der Waals surface area contributed by atoms with Gasteiger partial charge >= 0.3 is 0 Å². The van der Waals surface area contributed by atoms with Crippen molar-refractivity contribution in [1.82, 2.24) is 15.2 Å². The molecule has 1 heterocycles. The Hall–Kier alpha value is -3.25. The first-order chi connectivity index (χ1) is 17.6. The van der Waals surface area contributed by atoms with Gasteiger partial charge in [-0.15, -0.1) is 0 Å². The molecule has 190 valence electrons. The van der Waals surface area contributed by atoms with Gasteiger partial charge in [-0.05, 0) is 93.1 Å². The minimum Gasteiger partial charge on any atom is -0.496 e. The highest BCUT2D eigenvalue weighted by Crippen LogP contribution is 2.50. The summed E-state index contributed by atoms with van der Waals surface area (Å²) in [6.45, 7) is 5.94. The molecule has 2 atom stereocenters. The molecule has 1 aliphatic carbocycles. The quantitative estimate of drug-likeness (QED) is 0.303. The van der Waals surface area contributed by atoms with Crippen LogP contribution in [0.15, 0.2) is 66.9 Å². The maximum Gasteiger partial charge on any atom is 0.251 e. The molecular formula is C30H36FN3O2. The summed E-state index contributed by atoms with van der Waals surface area (Å²) in [6, 6.07) is 18.2. The molecule has 1 fully saturated rings. The van der Waals surface area contributed by atoms with Crippen LogP contribution in [0.25, 0.3) is 11.3 Å². The number of benzene rings is 2. The number of unbranched alkanes of at least 4 members (excludes halogenated alkanes) is 1. The molecule has 0 bridgehead atoms. The minimum absolute atomic E-state index is 0.0437. The molecule has 1 aromatic heterocycles. The summed E-state index contributed by atoms with van der Waals surface area (Å²) in [4.78, 5) is 19.4. The van der Waals surface area contributed by atoms with Gasteiger partial charge in [0.25, 0.3) is 5.91 Å². The van der Waals surface area contributed by atoms with Gasteiger partial charge in [0.05, 0.1) is 12.8 Å². The van der Waals surface area contributed by atoms with E-state index in [2.05, 4.69) is 22.1 Å². The highest BCUT2D eigenvalue weighted by atomic mass is 19.1. The first-order valence-corrected chi connectivity index (χ1v) is 12.9. The number of ether oxygens (including phenoxy) is 1. The molecule has 6 heteroatoms. The number of pyridine rings is 1. The van der Waals surface area contributed by atoms with Crippen LogP contribution in [0.3, 0.4) is 0 Å². The molecule has 5 nitrogen and oxygen atoms in total. The van der Waals surface area contributed by atoms with Crippen LogP contribution in [0.4, 0.5) is 4.39 Å². The van der Waals surface area contributed by atoms with Gasteiger partial charge in [0.2, 0.25) is 0 Å². The van der Waals surface area contributed by atoms with Gasteiger partial charge < -0.3 is 15.0 Å². The molecule has 1 N–H and O–H groups in total. The number of aromatic nitrogens is 1. The van der Waals surface area contributed by atoms with E-state index in [0.717, 1.165) is 67.9 Å². The lowest BCUT2D eigenvalue weighted by Crippen LogP contribution is -2.29. The van der Waals surface area contributed by atoms with Crippen molar-refractivity contribution in [2.45, 2.75) is 38.5 Å². The fraction of sp³-hybridized carbons (Fsp3) is 0.400. The molecule has 0 saturated heterocycles. The zero-order valence-corrected chi connectivity index (χ0v) is 21.3. The topological polar surface area (TPSA) is 54.5 Å². The fourth-order valence-electron chi connectivity index (χ4n) is 4.86. The first-order valence-electron chi connectivity index (χ1n) is 12.9. The van der Waals surface area contributed by atoms with E-state index in [4.69, 9.17) is 4.74 Å². The predicted octanol–water partition coefficient (Wildman–Crippen LogP) is 5.92. The van der Waals surface area contributed by atoms with Crippen LogP contribution >= 0.6 is 0 Å². The second-order valence-corrected chi connectivity index (χ2v) is 9.54. The van der Waals surface area contributed by atoms with Gasteiger partial charge in [0, 0.05) is 36.0 Å². The van der Waals surface area contributed by atoms with Gasteiger partial charge in [-0.25, -0.2) is 4.39 Å². The average molecular weight is 490 g/mol. The Balaban J connectivity index is 1.18. The Morgan fingerprint density at radius 2 is 1.94 bits per heavy atom. The number of rotatable bonds is 13. The fourth-order valence-corrected chi connectivity index (χ4v) is 4.86. The number of nitrogens with zero attached hydrogens (tertiary/aromatic N) is 2. The summed E-state index contributed by atoms with van der Waals surface area (Å²) in [5.41, 5.74) is 3.55.